The predicted molar refractivity (Wildman–Crippen MR) is 73.2 cm³/mol. The average molecular weight is 249 g/mol. The lowest BCUT2D eigenvalue weighted by atomic mass is 10.1. The lowest BCUT2D eigenvalue weighted by molar-refractivity contribution is -0.0412. The summed E-state index contributed by atoms with van der Waals surface area (Å²) in [7, 11) is 0. The first-order valence-electron chi connectivity index (χ1n) is 6.52. The average Bonchev–Trinajstić information content (AvgIpc) is 2.26. The van der Waals surface area contributed by atoms with Crippen molar-refractivity contribution >= 4 is 0 Å². The zero-order valence-electron chi connectivity index (χ0n) is 11.7. The Labute approximate surface area is 109 Å². The van der Waals surface area contributed by atoms with Crippen molar-refractivity contribution in [3.05, 3.63) is 29.3 Å². The summed E-state index contributed by atoms with van der Waals surface area (Å²) in [6.45, 7) is 10.6. The molecular formula is C15H23NO2. The minimum absolute atomic E-state index is 0.0798. The van der Waals surface area contributed by atoms with E-state index < -0.39 is 0 Å². The standard InChI is InChI=1S/C15H23NO2/c1-11-5-12(2)7-13(6-11)17-9-14-8-16-15(3,4)10-18-14/h5-7,14,16H,8-10H2,1-4H3. The second-order valence-corrected chi connectivity index (χ2v) is 5.83. The van der Waals surface area contributed by atoms with Gasteiger partial charge in [-0.05, 0) is 51.0 Å². The van der Waals surface area contributed by atoms with Crippen LogP contribution in [0, 0.1) is 13.8 Å². The molecule has 1 aromatic rings. The van der Waals surface area contributed by atoms with Crippen LogP contribution in [0.15, 0.2) is 18.2 Å². The third-order valence-corrected chi connectivity index (χ3v) is 3.12. The third kappa shape index (κ3) is 3.72. The summed E-state index contributed by atoms with van der Waals surface area (Å²) in [4.78, 5) is 0. The first kappa shape index (κ1) is 13.4. The summed E-state index contributed by atoms with van der Waals surface area (Å²) in [6.07, 6.45) is 0.138. The molecule has 1 N–H and O–H groups in total. The van der Waals surface area contributed by atoms with Gasteiger partial charge in [-0.25, -0.2) is 0 Å². The van der Waals surface area contributed by atoms with E-state index in [0.717, 1.165) is 18.9 Å². The molecule has 0 aromatic heterocycles. The van der Waals surface area contributed by atoms with E-state index in [1.54, 1.807) is 0 Å². The van der Waals surface area contributed by atoms with Crippen LogP contribution < -0.4 is 10.1 Å². The van der Waals surface area contributed by atoms with E-state index >= 15 is 0 Å². The molecule has 3 heteroatoms. The zero-order chi connectivity index (χ0) is 13.2. The van der Waals surface area contributed by atoms with Gasteiger partial charge in [-0.1, -0.05) is 6.07 Å². The number of ether oxygens (including phenoxy) is 2. The van der Waals surface area contributed by atoms with Crippen molar-refractivity contribution in [1.82, 2.24) is 5.32 Å². The van der Waals surface area contributed by atoms with Crippen LogP contribution in [-0.4, -0.2) is 31.4 Å². The highest BCUT2D eigenvalue weighted by molar-refractivity contribution is 5.33. The summed E-state index contributed by atoms with van der Waals surface area (Å²) >= 11 is 0. The van der Waals surface area contributed by atoms with Crippen LogP contribution in [0.4, 0.5) is 0 Å². The molecule has 0 radical (unpaired) electrons. The Morgan fingerprint density at radius 3 is 2.50 bits per heavy atom. The highest BCUT2D eigenvalue weighted by Crippen LogP contribution is 2.17. The van der Waals surface area contributed by atoms with Crippen LogP contribution >= 0.6 is 0 Å². The Morgan fingerprint density at radius 2 is 1.94 bits per heavy atom. The van der Waals surface area contributed by atoms with E-state index in [2.05, 4.69) is 51.2 Å². The van der Waals surface area contributed by atoms with Crippen LogP contribution in [0.3, 0.4) is 0 Å². The number of rotatable bonds is 3. The molecule has 100 valence electrons. The number of morpholine rings is 1. The third-order valence-electron chi connectivity index (χ3n) is 3.12. The highest BCUT2D eigenvalue weighted by atomic mass is 16.5. The Bertz CT molecular complexity index is 385. The van der Waals surface area contributed by atoms with Crippen molar-refractivity contribution in [2.45, 2.75) is 39.3 Å². The number of benzene rings is 1. The predicted octanol–water partition coefficient (Wildman–Crippen LogP) is 2.45. The molecule has 18 heavy (non-hydrogen) atoms. The molecule has 1 aliphatic heterocycles. The molecule has 0 aliphatic carbocycles. The summed E-state index contributed by atoms with van der Waals surface area (Å²) in [5, 5.41) is 3.46. The number of nitrogens with one attached hydrogen (secondary N) is 1. The molecule has 2 rings (SSSR count). The number of hydrogen-bond donors (Lipinski definition) is 1. The van der Waals surface area contributed by atoms with Crippen LogP contribution in [0.5, 0.6) is 5.75 Å². The van der Waals surface area contributed by atoms with Gasteiger partial charge in [0.25, 0.3) is 0 Å². The van der Waals surface area contributed by atoms with Crippen molar-refractivity contribution in [3.8, 4) is 5.75 Å². The molecule has 0 spiro atoms. The van der Waals surface area contributed by atoms with Crippen LogP contribution in [0.2, 0.25) is 0 Å². The lowest BCUT2D eigenvalue weighted by Gasteiger charge is -2.35. The van der Waals surface area contributed by atoms with Gasteiger partial charge < -0.3 is 14.8 Å². The largest absolute Gasteiger partial charge is 0.491 e. The topological polar surface area (TPSA) is 30.5 Å². The molecule has 0 saturated carbocycles. The summed E-state index contributed by atoms with van der Waals surface area (Å²) in [5.74, 6) is 0.931. The van der Waals surface area contributed by atoms with E-state index in [1.807, 2.05) is 0 Å². The fraction of sp³-hybridized carbons (Fsp3) is 0.600. The second kappa shape index (κ2) is 5.29. The molecule has 1 heterocycles. The van der Waals surface area contributed by atoms with Gasteiger partial charge in [-0.3, -0.25) is 0 Å². The van der Waals surface area contributed by atoms with Gasteiger partial charge in [0, 0.05) is 12.1 Å². The first-order chi connectivity index (χ1) is 8.44. The number of hydrogen-bond acceptors (Lipinski definition) is 3. The smallest absolute Gasteiger partial charge is 0.119 e. The maximum Gasteiger partial charge on any atom is 0.119 e. The van der Waals surface area contributed by atoms with Crippen LogP contribution in [0.25, 0.3) is 0 Å². The molecule has 1 aliphatic rings. The molecule has 1 aromatic carbocycles. The Balaban J connectivity index is 1.85. The molecular weight excluding hydrogens is 226 g/mol. The van der Waals surface area contributed by atoms with Gasteiger partial charge in [0.15, 0.2) is 0 Å². The van der Waals surface area contributed by atoms with Crippen LogP contribution in [0.1, 0.15) is 25.0 Å². The highest BCUT2D eigenvalue weighted by Gasteiger charge is 2.26. The van der Waals surface area contributed by atoms with Crippen molar-refractivity contribution in [3.63, 3.8) is 0 Å². The Morgan fingerprint density at radius 1 is 1.28 bits per heavy atom. The first-order valence-corrected chi connectivity index (χ1v) is 6.52. The molecule has 1 unspecified atom stereocenters. The minimum atomic E-state index is 0.0798. The summed E-state index contributed by atoms with van der Waals surface area (Å²) in [5.41, 5.74) is 2.54. The van der Waals surface area contributed by atoms with Crippen LogP contribution in [-0.2, 0) is 4.74 Å². The minimum Gasteiger partial charge on any atom is -0.491 e. The normalized spacial score (nSPS) is 22.8. The van der Waals surface area contributed by atoms with Crippen molar-refractivity contribution in [1.29, 1.82) is 0 Å². The summed E-state index contributed by atoms with van der Waals surface area (Å²) < 4.78 is 11.6. The Hall–Kier alpha value is -1.06. The van der Waals surface area contributed by atoms with E-state index in [0.29, 0.717) is 6.61 Å². The number of aryl methyl sites for hydroxylation is 2. The molecule has 0 amide bonds. The quantitative estimate of drug-likeness (QED) is 0.892. The van der Waals surface area contributed by atoms with E-state index in [9.17, 15) is 0 Å². The van der Waals surface area contributed by atoms with Crippen molar-refractivity contribution < 1.29 is 9.47 Å². The summed E-state index contributed by atoms with van der Waals surface area (Å²) in [6, 6.07) is 6.27. The molecule has 0 bridgehead atoms. The van der Waals surface area contributed by atoms with Gasteiger partial charge in [-0.15, -0.1) is 0 Å². The molecule has 1 fully saturated rings. The van der Waals surface area contributed by atoms with Crippen molar-refractivity contribution in [2.24, 2.45) is 0 Å². The maximum absolute atomic E-state index is 5.81. The van der Waals surface area contributed by atoms with Crippen molar-refractivity contribution in [2.75, 3.05) is 19.8 Å². The van der Waals surface area contributed by atoms with Gasteiger partial charge in [0.05, 0.1) is 6.61 Å². The van der Waals surface area contributed by atoms with Gasteiger partial charge in [0.1, 0.15) is 18.5 Å². The van der Waals surface area contributed by atoms with Gasteiger partial charge in [-0.2, -0.15) is 0 Å². The Kier molecular flexibility index (Phi) is 3.93. The van der Waals surface area contributed by atoms with Gasteiger partial charge in [0.2, 0.25) is 0 Å². The lowest BCUT2D eigenvalue weighted by Crippen LogP contribution is -2.54. The van der Waals surface area contributed by atoms with E-state index in [1.165, 1.54) is 11.1 Å². The zero-order valence-corrected chi connectivity index (χ0v) is 11.7. The fourth-order valence-corrected chi connectivity index (χ4v) is 2.14. The van der Waals surface area contributed by atoms with Gasteiger partial charge >= 0.3 is 0 Å². The van der Waals surface area contributed by atoms with E-state index in [-0.39, 0.29) is 11.6 Å². The molecule has 3 nitrogen and oxygen atoms in total. The second-order valence-electron chi connectivity index (χ2n) is 5.83. The molecule has 1 saturated heterocycles. The maximum atomic E-state index is 5.81. The SMILES string of the molecule is Cc1cc(C)cc(OCC2CNC(C)(C)CO2)c1. The molecule has 1 atom stereocenters. The van der Waals surface area contributed by atoms with E-state index in [4.69, 9.17) is 9.47 Å². The fourth-order valence-electron chi connectivity index (χ4n) is 2.14. The monoisotopic (exact) mass is 249 g/mol.